The fourth-order valence-electron chi connectivity index (χ4n) is 1.12. The molecule has 0 spiro atoms. The highest BCUT2D eigenvalue weighted by Gasteiger charge is 2.09. The van der Waals surface area contributed by atoms with E-state index in [2.05, 4.69) is 10.9 Å². The van der Waals surface area contributed by atoms with Crippen LogP contribution in [-0.4, -0.2) is 12.6 Å². The first-order chi connectivity index (χ1) is 9.08. The summed E-state index contributed by atoms with van der Waals surface area (Å²) in [5.74, 6) is -0.693. The Kier molecular flexibility index (Phi) is 6.00. The molecule has 1 rings (SSSR count). The highest BCUT2D eigenvalue weighted by molar-refractivity contribution is 6.36. The number of halogens is 2. The van der Waals surface area contributed by atoms with Crippen molar-refractivity contribution in [3.05, 3.63) is 40.0 Å². The second-order valence-corrected chi connectivity index (χ2v) is 4.13. The minimum absolute atomic E-state index is 0.153. The van der Waals surface area contributed by atoms with Crippen LogP contribution in [0.1, 0.15) is 6.92 Å². The Morgan fingerprint density at radius 3 is 2.84 bits per heavy atom. The lowest BCUT2D eigenvalue weighted by Crippen LogP contribution is -2.18. The zero-order valence-corrected chi connectivity index (χ0v) is 11.5. The fourth-order valence-corrected chi connectivity index (χ4v) is 1.58. The zero-order valence-electron chi connectivity index (χ0n) is 10.0. The molecule has 0 aromatic heterocycles. The summed E-state index contributed by atoms with van der Waals surface area (Å²) in [5.41, 5.74) is 5.72. The molecule has 0 bridgehead atoms. The molecule has 100 valence electrons. The Hall–Kier alpha value is -1.90. The normalized spacial score (nSPS) is 10.5. The summed E-state index contributed by atoms with van der Waals surface area (Å²) in [5, 5.41) is 9.70. The van der Waals surface area contributed by atoms with Crippen LogP contribution in [0.25, 0.3) is 0 Å². The molecular formula is C12H11Cl2N3O2. The number of hydrazine groups is 1. The minimum Gasteiger partial charge on any atom is -0.462 e. The number of carbonyl (C=O) groups excluding carboxylic acids is 1. The minimum atomic E-state index is -0.693. The number of hydrogen-bond donors (Lipinski definition) is 2. The molecule has 0 aliphatic rings. The van der Waals surface area contributed by atoms with Crippen molar-refractivity contribution in [2.24, 2.45) is 0 Å². The number of ether oxygens (including phenoxy) is 1. The summed E-state index contributed by atoms with van der Waals surface area (Å²) in [6.45, 7) is 1.86. The van der Waals surface area contributed by atoms with Crippen molar-refractivity contribution in [2.45, 2.75) is 6.92 Å². The molecular weight excluding hydrogens is 289 g/mol. The number of rotatable bonds is 5. The lowest BCUT2D eigenvalue weighted by Gasteiger charge is -2.08. The molecule has 0 aliphatic heterocycles. The SMILES string of the molecule is CCOC(=O)/C(C#N)=C/NNc1ccc(Cl)cc1Cl. The van der Waals surface area contributed by atoms with Crippen molar-refractivity contribution < 1.29 is 9.53 Å². The van der Waals surface area contributed by atoms with Gasteiger partial charge in [0.05, 0.1) is 17.3 Å². The molecule has 0 heterocycles. The van der Waals surface area contributed by atoms with Gasteiger partial charge in [-0.2, -0.15) is 5.26 Å². The van der Waals surface area contributed by atoms with Gasteiger partial charge in [-0.3, -0.25) is 5.43 Å². The van der Waals surface area contributed by atoms with Gasteiger partial charge in [0.15, 0.2) is 5.57 Å². The molecule has 0 saturated carbocycles. The average Bonchev–Trinajstić information content (AvgIpc) is 2.37. The first-order valence-corrected chi connectivity index (χ1v) is 6.08. The molecule has 0 radical (unpaired) electrons. The number of benzene rings is 1. The van der Waals surface area contributed by atoms with Crippen molar-refractivity contribution in [2.75, 3.05) is 12.0 Å². The predicted molar refractivity (Wildman–Crippen MR) is 73.5 cm³/mol. The van der Waals surface area contributed by atoms with E-state index in [4.69, 9.17) is 33.2 Å². The molecule has 2 N–H and O–H groups in total. The molecule has 0 amide bonds. The molecule has 0 unspecified atom stereocenters. The van der Waals surface area contributed by atoms with E-state index in [1.165, 1.54) is 6.20 Å². The van der Waals surface area contributed by atoms with Crippen LogP contribution >= 0.6 is 23.2 Å². The van der Waals surface area contributed by atoms with E-state index in [0.717, 1.165) is 0 Å². The summed E-state index contributed by atoms with van der Waals surface area (Å²) in [4.78, 5) is 11.3. The summed E-state index contributed by atoms with van der Waals surface area (Å²) in [6, 6.07) is 6.59. The van der Waals surface area contributed by atoms with Gasteiger partial charge >= 0.3 is 5.97 Å². The lowest BCUT2D eigenvalue weighted by molar-refractivity contribution is -0.138. The van der Waals surface area contributed by atoms with Gasteiger partial charge in [-0.1, -0.05) is 23.2 Å². The van der Waals surface area contributed by atoms with Crippen LogP contribution < -0.4 is 10.9 Å². The van der Waals surface area contributed by atoms with Gasteiger partial charge in [0.25, 0.3) is 0 Å². The van der Waals surface area contributed by atoms with Crippen LogP contribution in [0.3, 0.4) is 0 Å². The van der Waals surface area contributed by atoms with E-state index in [9.17, 15) is 4.79 Å². The molecule has 0 aliphatic carbocycles. The highest BCUT2D eigenvalue weighted by Crippen LogP contribution is 2.24. The van der Waals surface area contributed by atoms with E-state index in [-0.39, 0.29) is 12.2 Å². The molecule has 5 nitrogen and oxygen atoms in total. The summed E-state index contributed by atoms with van der Waals surface area (Å²) < 4.78 is 4.70. The van der Waals surface area contributed by atoms with Crippen molar-refractivity contribution in [3.63, 3.8) is 0 Å². The Morgan fingerprint density at radius 1 is 1.53 bits per heavy atom. The van der Waals surface area contributed by atoms with Crippen LogP contribution in [0, 0.1) is 11.3 Å². The van der Waals surface area contributed by atoms with Crippen LogP contribution in [0.4, 0.5) is 5.69 Å². The number of carbonyl (C=O) groups is 1. The predicted octanol–water partition coefficient (Wildman–Crippen LogP) is 2.88. The maximum Gasteiger partial charge on any atom is 0.350 e. The molecule has 1 aromatic carbocycles. The highest BCUT2D eigenvalue weighted by atomic mass is 35.5. The molecule has 7 heteroatoms. The van der Waals surface area contributed by atoms with E-state index < -0.39 is 5.97 Å². The van der Waals surface area contributed by atoms with Gasteiger partial charge in [-0.25, -0.2) is 4.79 Å². The first kappa shape index (κ1) is 15.2. The maximum atomic E-state index is 11.3. The summed E-state index contributed by atoms with van der Waals surface area (Å²) in [7, 11) is 0. The molecule has 19 heavy (non-hydrogen) atoms. The monoisotopic (exact) mass is 299 g/mol. The Morgan fingerprint density at radius 2 is 2.26 bits per heavy atom. The third kappa shape index (κ3) is 4.70. The molecule has 0 fully saturated rings. The first-order valence-electron chi connectivity index (χ1n) is 5.32. The maximum absolute atomic E-state index is 11.3. The second-order valence-electron chi connectivity index (χ2n) is 3.28. The van der Waals surface area contributed by atoms with Crippen LogP contribution in [0.15, 0.2) is 30.0 Å². The Bertz CT molecular complexity index is 538. The third-order valence-electron chi connectivity index (χ3n) is 1.97. The Balaban J connectivity index is 2.66. The standard InChI is InChI=1S/C12H11Cl2N3O2/c1-2-19-12(18)8(6-15)7-16-17-11-4-3-9(13)5-10(11)14/h3-5,7,16-17H,2H2,1H3/b8-7+. The molecule has 1 aromatic rings. The summed E-state index contributed by atoms with van der Waals surface area (Å²) in [6.07, 6.45) is 1.20. The van der Waals surface area contributed by atoms with Gasteiger partial charge in [0.1, 0.15) is 6.07 Å². The van der Waals surface area contributed by atoms with Crippen molar-refractivity contribution >= 4 is 34.9 Å². The largest absolute Gasteiger partial charge is 0.462 e. The topological polar surface area (TPSA) is 74.2 Å². The zero-order chi connectivity index (χ0) is 14.3. The lowest BCUT2D eigenvalue weighted by atomic mass is 10.3. The van der Waals surface area contributed by atoms with Crippen molar-refractivity contribution in [3.8, 4) is 6.07 Å². The Labute approximate surface area is 120 Å². The van der Waals surface area contributed by atoms with Crippen molar-refractivity contribution in [1.82, 2.24) is 5.43 Å². The van der Waals surface area contributed by atoms with Crippen LogP contribution in [0.5, 0.6) is 0 Å². The number of nitriles is 1. The average molecular weight is 300 g/mol. The van der Waals surface area contributed by atoms with Gasteiger partial charge < -0.3 is 10.2 Å². The van der Waals surface area contributed by atoms with E-state index >= 15 is 0 Å². The van der Waals surface area contributed by atoms with Gasteiger partial charge in [-0.05, 0) is 25.1 Å². The smallest absolute Gasteiger partial charge is 0.350 e. The van der Waals surface area contributed by atoms with Crippen LogP contribution in [0.2, 0.25) is 10.0 Å². The third-order valence-corrected chi connectivity index (χ3v) is 2.52. The quantitative estimate of drug-likeness (QED) is 0.378. The van der Waals surface area contributed by atoms with E-state index in [1.54, 1.807) is 31.2 Å². The van der Waals surface area contributed by atoms with E-state index in [1.807, 2.05) is 0 Å². The number of esters is 1. The number of nitrogens with one attached hydrogen (secondary N) is 2. The number of hydrogen-bond acceptors (Lipinski definition) is 5. The van der Waals surface area contributed by atoms with E-state index in [0.29, 0.717) is 15.7 Å². The van der Waals surface area contributed by atoms with Crippen molar-refractivity contribution in [1.29, 1.82) is 5.26 Å². The fraction of sp³-hybridized carbons (Fsp3) is 0.167. The number of nitrogens with zero attached hydrogens (tertiary/aromatic N) is 1. The van der Waals surface area contributed by atoms with Gasteiger partial charge in [0.2, 0.25) is 0 Å². The van der Waals surface area contributed by atoms with Gasteiger partial charge in [-0.15, -0.1) is 0 Å². The summed E-state index contributed by atoms with van der Waals surface area (Å²) >= 11 is 11.7. The molecule has 0 saturated heterocycles. The molecule has 0 atom stereocenters. The second kappa shape index (κ2) is 7.52. The van der Waals surface area contributed by atoms with Gasteiger partial charge in [0, 0.05) is 11.2 Å². The number of anilines is 1. The van der Waals surface area contributed by atoms with Crippen LogP contribution in [-0.2, 0) is 9.53 Å².